The first-order chi connectivity index (χ1) is 34.6. The van der Waals surface area contributed by atoms with Gasteiger partial charge in [0.25, 0.3) is 0 Å². The van der Waals surface area contributed by atoms with Crippen molar-refractivity contribution in [1.82, 2.24) is 19.1 Å². The Morgan fingerprint density at radius 2 is 0.786 bits per heavy atom. The Hall–Kier alpha value is -9.43. The number of fused-ring (bicyclic) bond motifs is 12. The molecule has 14 rings (SSSR count). The summed E-state index contributed by atoms with van der Waals surface area (Å²) in [4.78, 5) is 10.2. The predicted octanol–water partition coefficient (Wildman–Crippen LogP) is 16.0. The minimum absolute atomic E-state index is 0.236. The third kappa shape index (κ3) is 5.82. The summed E-state index contributed by atoms with van der Waals surface area (Å²) in [7, 11) is 0. The number of hydrogen-bond acceptors (Lipinski definition) is 7. The van der Waals surface area contributed by atoms with E-state index in [0.29, 0.717) is 39.5 Å². The van der Waals surface area contributed by atoms with Crippen LogP contribution >= 0.6 is 22.7 Å². The van der Waals surface area contributed by atoms with Crippen molar-refractivity contribution in [2.75, 3.05) is 0 Å². The molecule has 0 bridgehead atoms. The summed E-state index contributed by atoms with van der Waals surface area (Å²) >= 11 is 3.57. The molecule has 0 saturated carbocycles. The van der Waals surface area contributed by atoms with E-state index in [1.807, 2.05) is 78.9 Å². The minimum atomic E-state index is 0.236. The lowest BCUT2D eigenvalue weighted by molar-refractivity contribution is 1.15. The zero-order valence-electron chi connectivity index (χ0n) is 36.8. The first-order valence-electron chi connectivity index (χ1n) is 22.7. The predicted molar refractivity (Wildman–Crippen MR) is 287 cm³/mol. The van der Waals surface area contributed by atoms with Gasteiger partial charge in [-0.25, -0.2) is 9.97 Å². The summed E-state index contributed by atoms with van der Waals surface area (Å²) in [6.07, 6.45) is 0. The molecular weight excluding hydrogens is 895 g/mol. The second kappa shape index (κ2) is 15.3. The molecule has 9 aromatic carbocycles. The molecule has 7 nitrogen and oxygen atoms in total. The van der Waals surface area contributed by atoms with E-state index in [9.17, 15) is 15.8 Å². The molecular formula is C61H31N7S2. The van der Waals surface area contributed by atoms with Gasteiger partial charge in [-0.2, -0.15) is 15.8 Å². The van der Waals surface area contributed by atoms with Crippen LogP contribution in [-0.2, 0) is 0 Å². The van der Waals surface area contributed by atoms with Crippen LogP contribution in [0.2, 0.25) is 0 Å². The van der Waals surface area contributed by atoms with E-state index >= 15 is 0 Å². The quantitative estimate of drug-likeness (QED) is 0.171. The van der Waals surface area contributed by atoms with Crippen molar-refractivity contribution in [3.8, 4) is 63.5 Å². The molecule has 5 aromatic heterocycles. The van der Waals surface area contributed by atoms with Crippen LogP contribution < -0.4 is 0 Å². The number of aromatic nitrogens is 4. The third-order valence-corrected chi connectivity index (χ3v) is 15.9. The fourth-order valence-electron chi connectivity index (χ4n) is 10.5. The lowest BCUT2D eigenvalue weighted by Gasteiger charge is -2.16. The second-order valence-corrected chi connectivity index (χ2v) is 19.6. The molecule has 0 aliphatic rings. The summed E-state index contributed by atoms with van der Waals surface area (Å²) in [6, 6.07) is 71.2. The smallest absolute Gasteiger partial charge is 0.160 e. The molecule has 0 amide bonds. The van der Waals surface area contributed by atoms with Gasteiger partial charge in [-0.1, -0.05) is 115 Å². The highest BCUT2D eigenvalue weighted by atomic mass is 32.1. The molecule has 0 atom stereocenters. The molecule has 70 heavy (non-hydrogen) atoms. The van der Waals surface area contributed by atoms with Gasteiger partial charge < -0.3 is 9.13 Å². The van der Waals surface area contributed by atoms with Crippen molar-refractivity contribution in [2.45, 2.75) is 0 Å². The fourth-order valence-corrected chi connectivity index (χ4v) is 12.8. The topological polar surface area (TPSA) is 107 Å². The van der Waals surface area contributed by atoms with Gasteiger partial charge >= 0.3 is 0 Å². The van der Waals surface area contributed by atoms with Crippen molar-refractivity contribution in [3.05, 3.63) is 205 Å². The van der Waals surface area contributed by atoms with Crippen molar-refractivity contribution in [2.24, 2.45) is 0 Å². The molecule has 0 radical (unpaired) electrons. The Morgan fingerprint density at radius 3 is 1.26 bits per heavy atom. The second-order valence-electron chi connectivity index (χ2n) is 17.4. The van der Waals surface area contributed by atoms with E-state index in [1.165, 1.54) is 40.3 Å². The molecule has 0 N–H and O–H groups in total. The first-order valence-corrected chi connectivity index (χ1v) is 24.4. The monoisotopic (exact) mass is 925 g/mol. The largest absolute Gasteiger partial charge is 0.308 e. The molecule has 0 unspecified atom stereocenters. The first kappa shape index (κ1) is 39.7. The highest BCUT2D eigenvalue weighted by Crippen LogP contribution is 2.44. The van der Waals surface area contributed by atoms with Crippen LogP contribution in [0.25, 0.3) is 129 Å². The van der Waals surface area contributed by atoms with E-state index in [2.05, 4.69) is 137 Å². The summed E-state index contributed by atoms with van der Waals surface area (Å²) in [6.45, 7) is 0. The lowest BCUT2D eigenvalue weighted by atomic mass is 9.97. The van der Waals surface area contributed by atoms with Gasteiger partial charge in [0.2, 0.25) is 0 Å². The van der Waals surface area contributed by atoms with Crippen LogP contribution in [0.3, 0.4) is 0 Å². The highest BCUT2D eigenvalue weighted by Gasteiger charge is 2.24. The molecule has 5 heterocycles. The van der Waals surface area contributed by atoms with E-state index in [4.69, 9.17) is 9.97 Å². The van der Waals surface area contributed by atoms with Crippen molar-refractivity contribution in [3.63, 3.8) is 0 Å². The maximum Gasteiger partial charge on any atom is 0.160 e. The van der Waals surface area contributed by atoms with E-state index in [-0.39, 0.29) is 5.56 Å². The van der Waals surface area contributed by atoms with Crippen LogP contribution in [0.5, 0.6) is 0 Å². The summed E-state index contributed by atoms with van der Waals surface area (Å²) in [5.74, 6) is 0.415. The van der Waals surface area contributed by atoms with Crippen LogP contribution in [0, 0.1) is 34.0 Å². The van der Waals surface area contributed by atoms with Gasteiger partial charge in [-0.15, -0.1) is 22.7 Å². The normalized spacial score (nSPS) is 11.7. The number of thiophene rings is 2. The van der Waals surface area contributed by atoms with Gasteiger partial charge in [0, 0.05) is 78.6 Å². The van der Waals surface area contributed by atoms with Crippen LogP contribution in [-0.4, -0.2) is 19.1 Å². The standard InChI is InChI=1S/C61H31N7S2/c62-32-38-26-36(22-24-49(38)67-51-18-8-4-14-40(51)44-30-57-46(28-53(44)67)42-16-6-10-20-55(42)69-57)59-48(34-64)60(66-61(65-59)35-12-2-1-3-13-35)37-23-25-50(39(27-37)33-63)68-52-19-9-5-15-41(52)45-31-58-47(29-54(45)68)43-17-7-11-21-56(43)70-58/h1-31H. The zero-order valence-corrected chi connectivity index (χ0v) is 38.5. The maximum absolute atomic E-state index is 11.1. The summed E-state index contributed by atoms with van der Waals surface area (Å²) in [5.41, 5.74) is 9.25. The highest BCUT2D eigenvalue weighted by molar-refractivity contribution is 7.26. The molecule has 322 valence electrons. The molecule has 0 fully saturated rings. The lowest BCUT2D eigenvalue weighted by Crippen LogP contribution is -2.03. The maximum atomic E-state index is 11.1. The number of rotatable bonds is 5. The van der Waals surface area contributed by atoms with E-state index < -0.39 is 0 Å². The number of nitrogens with zero attached hydrogens (tertiary/aromatic N) is 7. The number of para-hydroxylation sites is 2. The summed E-state index contributed by atoms with van der Waals surface area (Å²) < 4.78 is 9.24. The number of hydrogen-bond donors (Lipinski definition) is 0. The van der Waals surface area contributed by atoms with Crippen LogP contribution in [0.4, 0.5) is 0 Å². The van der Waals surface area contributed by atoms with Gasteiger partial charge in [-0.05, 0) is 72.8 Å². The fraction of sp³-hybridized carbons (Fsp3) is 0. The van der Waals surface area contributed by atoms with E-state index in [1.54, 1.807) is 22.7 Å². The Labute approximate surface area is 407 Å². The van der Waals surface area contributed by atoms with Gasteiger partial charge in [0.05, 0.1) is 56.0 Å². The average molecular weight is 926 g/mol. The van der Waals surface area contributed by atoms with Crippen molar-refractivity contribution in [1.29, 1.82) is 15.8 Å². The van der Waals surface area contributed by atoms with E-state index in [0.717, 1.165) is 60.5 Å². The van der Waals surface area contributed by atoms with Crippen molar-refractivity contribution < 1.29 is 0 Å². The van der Waals surface area contributed by atoms with Gasteiger partial charge in [-0.3, -0.25) is 0 Å². The van der Waals surface area contributed by atoms with Gasteiger partial charge in [0.1, 0.15) is 23.8 Å². The molecule has 9 heteroatoms. The molecule has 0 saturated heterocycles. The molecule has 0 aliphatic carbocycles. The van der Waals surface area contributed by atoms with Crippen LogP contribution in [0.1, 0.15) is 16.7 Å². The molecule has 14 aromatic rings. The molecule has 0 aliphatic heterocycles. The molecule has 0 spiro atoms. The Bertz CT molecular complexity index is 4430. The third-order valence-electron chi connectivity index (χ3n) is 13.7. The Balaban J connectivity index is 0.955. The Kier molecular flexibility index (Phi) is 8.68. The van der Waals surface area contributed by atoms with Gasteiger partial charge in [0.15, 0.2) is 5.82 Å². The van der Waals surface area contributed by atoms with Crippen LogP contribution in [0.15, 0.2) is 188 Å². The Morgan fingerprint density at radius 1 is 0.343 bits per heavy atom. The minimum Gasteiger partial charge on any atom is -0.308 e. The SMILES string of the molecule is N#Cc1cc(-c2nc(-c3ccccc3)nc(-c3ccc(-n4c5ccccc5c5cc6sc7ccccc7c6cc54)c(C#N)c3)c2C#N)ccc1-n1c2ccccc2c2cc3sc4ccccc4c3cc21. The van der Waals surface area contributed by atoms with Crippen molar-refractivity contribution >= 4 is 107 Å². The summed E-state index contributed by atoms with van der Waals surface area (Å²) in [5, 5.41) is 42.3. The number of nitriles is 3. The average Bonchev–Trinajstić information content (AvgIpc) is 4.16. The number of benzene rings is 9. The zero-order chi connectivity index (χ0) is 46.6.